The first-order chi connectivity index (χ1) is 20.7. The van der Waals surface area contributed by atoms with Crippen LogP contribution in [0.3, 0.4) is 0 Å². The summed E-state index contributed by atoms with van der Waals surface area (Å²) in [5.41, 5.74) is 1.99. The number of halogens is 4. The van der Waals surface area contributed by atoms with Gasteiger partial charge in [0, 0.05) is 12.2 Å². The SMILES string of the molecule is COC(=O)CN(CC(F)(F)F)C(=O)C(C)c1ccc(NC(=O)[C@@H](NC(=O)c2ccnn2C(C)C)C(=C2CC2)C2CC2)c(F)c1. The molecule has 1 heterocycles. The molecule has 44 heavy (non-hydrogen) atoms. The normalized spacial score (nSPS) is 15.8. The van der Waals surface area contributed by atoms with Crippen molar-refractivity contribution < 1.29 is 41.5 Å². The van der Waals surface area contributed by atoms with Gasteiger partial charge in [0.2, 0.25) is 5.91 Å². The van der Waals surface area contributed by atoms with Gasteiger partial charge in [0.05, 0.1) is 18.7 Å². The van der Waals surface area contributed by atoms with Gasteiger partial charge < -0.3 is 20.3 Å². The zero-order valence-corrected chi connectivity index (χ0v) is 24.8. The van der Waals surface area contributed by atoms with E-state index in [0.29, 0.717) is 4.90 Å². The van der Waals surface area contributed by atoms with Gasteiger partial charge in [-0.2, -0.15) is 18.3 Å². The smallest absolute Gasteiger partial charge is 0.406 e. The Labute approximate surface area is 251 Å². The predicted molar refractivity (Wildman–Crippen MR) is 151 cm³/mol. The molecule has 0 saturated heterocycles. The maximum atomic E-state index is 15.3. The van der Waals surface area contributed by atoms with Gasteiger partial charge in [0.15, 0.2) is 0 Å². The number of carbonyl (C=O) groups is 4. The van der Waals surface area contributed by atoms with Crippen molar-refractivity contribution in [2.75, 3.05) is 25.5 Å². The summed E-state index contributed by atoms with van der Waals surface area (Å²) in [6, 6.07) is 3.84. The maximum absolute atomic E-state index is 15.3. The molecule has 1 aromatic heterocycles. The molecule has 2 aromatic rings. The summed E-state index contributed by atoms with van der Waals surface area (Å²) < 4.78 is 60.5. The molecule has 1 aromatic carbocycles. The molecule has 2 atom stereocenters. The van der Waals surface area contributed by atoms with Crippen LogP contribution in [0.1, 0.15) is 74.5 Å². The second kappa shape index (κ2) is 13.2. The lowest BCUT2D eigenvalue weighted by molar-refractivity contribution is -0.167. The molecule has 238 valence electrons. The summed E-state index contributed by atoms with van der Waals surface area (Å²) in [4.78, 5) is 51.7. The summed E-state index contributed by atoms with van der Waals surface area (Å²) in [5.74, 6) is -5.29. The number of esters is 1. The van der Waals surface area contributed by atoms with Crippen molar-refractivity contribution in [3.63, 3.8) is 0 Å². The molecule has 0 radical (unpaired) electrons. The molecule has 0 aliphatic heterocycles. The molecule has 2 aliphatic rings. The van der Waals surface area contributed by atoms with Crippen LogP contribution in [0, 0.1) is 11.7 Å². The number of anilines is 1. The van der Waals surface area contributed by atoms with Crippen molar-refractivity contribution in [1.29, 1.82) is 0 Å². The first-order valence-electron chi connectivity index (χ1n) is 14.3. The van der Waals surface area contributed by atoms with E-state index in [4.69, 9.17) is 0 Å². The highest BCUT2D eigenvalue weighted by molar-refractivity contribution is 6.02. The first kappa shape index (κ1) is 32.7. The van der Waals surface area contributed by atoms with E-state index in [1.54, 1.807) is 6.07 Å². The Hall–Kier alpha value is -4.23. The van der Waals surface area contributed by atoms with Crippen LogP contribution in [-0.4, -0.2) is 70.8 Å². The van der Waals surface area contributed by atoms with Crippen molar-refractivity contribution in [2.24, 2.45) is 5.92 Å². The summed E-state index contributed by atoms with van der Waals surface area (Å²) in [5, 5.41) is 9.53. The van der Waals surface area contributed by atoms with Crippen LogP contribution in [-0.2, 0) is 19.1 Å². The average Bonchev–Trinajstić information content (AvgIpc) is 3.90. The average molecular weight is 622 g/mol. The number of nitrogens with zero attached hydrogens (tertiary/aromatic N) is 3. The quantitative estimate of drug-likeness (QED) is 0.204. The van der Waals surface area contributed by atoms with Crippen LogP contribution in [0.15, 0.2) is 41.6 Å². The lowest BCUT2D eigenvalue weighted by Gasteiger charge is -2.26. The Morgan fingerprint density at radius 1 is 1.11 bits per heavy atom. The number of carbonyl (C=O) groups excluding carboxylic acids is 4. The third-order valence-electron chi connectivity index (χ3n) is 7.52. The number of amides is 3. The maximum Gasteiger partial charge on any atom is 0.406 e. The predicted octanol–water partition coefficient (Wildman–Crippen LogP) is 4.51. The van der Waals surface area contributed by atoms with Gasteiger partial charge in [0.25, 0.3) is 11.8 Å². The molecule has 3 amide bonds. The summed E-state index contributed by atoms with van der Waals surface area (Å²) in [7, 11) is 0.982. The largest absolute Gasteiger partial charge is 0.468 e. The summed E-state index contributed by atoms with van der Waals surface area (Å²) in [6.07, 6.45) is 0.0821. The van der Waals surface area contributed by atoms with Gasteiger partial charge in [-0.05, 0) is 81.7 Å². The topological polar surface area (TPSA) is 123 Å². The third-order valence-corrected chi connectivity index (χ3v) is 7.52. The number of nitrogens with one attached hydrogen (secondary N) is 2. The van der Waals surface area contributed by atoms with Crippen molar-refractivity contribution in [1.82, 2.24) is 20.0 Å². The monoisotopic (exact) mass is 621 g/mol. The van der Waals surface area contributed by atoms with E-state index in [1.165, 1.54) is 29.9 Å². The molecule has 2 fully saturated rings. The first-order valence-corrected chi connectivity index (χ1v) is 14.3. The zero-order chi connectivity index (χ0) is 32.3. The second-order valence-electron chi connectivity index (χ2n) is 11.3. The highest BCUT2D eigenvalue weighted by Gasteiger charge is 2.40. The molecule has 14 heteroatoms. The van der Waals surface area contributed by atoms with Gasteiger partial charge in [-0.25, -0.2) is 4.39 Å². The van der Waals surface area contributed by atoms with Crippen LogP contribution in [0.25, 0.3) is 0 Å². The van der Waals surface area contributed by atoms with E-state index >= 15 is 4.39 Å². The van der Waals surface area contributed by atoms with Crippen molar-refractivity contribution in [3.05, 3.63) is 58.7 Å². The molecule has 1 unspecified atom stereocenters. The number of benzene rings is 1. The Kier molecular flexibility index (Phi) is 9.79. The Morgan fingerprint density at radius 3 is 2.34 bits per heavy atom. The Morgan fingerprint density at radius 2 is 1.80 bits per heavy atom. The van der Waals surface area contributed by atoms with E-state index < -0.39 is 60.7 Å². The molecule has 2 N–H and O–H groups in total. The molecule has 10 nitrogen and oxygen atoms in total. The molecular formula is C30H35F4N5O5. The van der Waals surface area contributed by atoms with E-state index in [1.807, 2.05) is 13.8 Å². The molecule has 4 rings (SSSR count). The Balaban J connectivity index is 1.54. The second-order valence-corrected chi connectivity index (χ2v) is 11.3. The minimum absolute atomic E-state index is 0.0353. The molecule has 2 aliphatic carbocycles. The van der Waals surface area contributed by atoms with Gasteiger partial charge in [-0.15, -0.1) is 0 Å². The van der Waals surface area contributed by atoms with Gasteiger partial charge in [0.1, 0.15) is 30.6 Å². The van der Waals surface area contributed by atoms with Crippen LogP contribution in [0.5, 0.6) is 0 Å². The minimum atomic E-state index is -4.78. The minimum Gasteiger partial charge on any atom is -0.468 e. The summed E-state index contributed by atoms with van der Waals surface area (Å²) in [6.45, 7) is 2.39. The number of hydrogen-bond donors (Lipinski definition) is 2. The zero-order valence-electron chi connectivity index (χ0n) is 24.8. The van der Waals surface area contributed by atoms with Crippen LogP contribution < -0.4 is 10.6 Å². The highest BCUT2D eigenvalue weighted by Crippen LogP contribution is 2.46. The van der Waals surface area contributed by atoms with Crippen molar-refractivity contribution >= 4 is 29.4 Å². The van der Waals surface area contributed by atoms with Crippen LogP contribution >= 0.6 is 0 Å². The summed E-state index contributed by atoms with van der Waals surface area (Å²) >= 11 is 0. The van der Waals surface area contributed by atoms with Gasteiger partial charge >= 0.3 is 12.1 Å². The van der Waals surface area contributed by atoms with E-state index in [2.05, 4.69) is 20.5 Å². The number of rotatable bonds is 12. The highest BCUT2D eigenvalue weighted by atomic mass is 19.4. The number of alkyl halides is 3. The number of aromatic nitrogens is 2. The van der Waals surface area contributed by atoms with Gasteiger partial charge in [-0.1, -0.05) is 11.6 Å². The van der Waals surface area contributed by atoms with Crippen molar-refractivity contribution in [2.45, 2.75) is 70.6 Å². The number of allylic oxidation sites excluding steroid dienone is 1. The van der Waals surface area contributed by atoms with E-state index in [-0.39, 0.29) is 28.9 Å². The van der Waals surface area contributed by atoms with E-state index in [0.717, 1.165) is 50.0 Å². The fraction of sp³-hybridized carbons (Fsp3) is 0.500. The molecule has 2 saturated carbocycles. The van der Waals surface area contributed by atoms with Crippen LogP contribution in [0.2, 0.25) is 0 Å². The fourth-order valence-electron chi connectivity index (χ4n) is 5.04. The van der Waals surface area contributed by atoms with Crippen LogP contribution in [0.4, 0.5) is 23.2 Å². The van der Waals surface area contributed by atoms with E-state index in [9.17, 15) is 32.3 Å². The number of methoxy groups -OCH3 is 1. The van der Waals surface area contributed by atoms with Crippen molar-refractivity contribution in [3.8, 4) is 0 Å². The molecule has 0 spiro atoms. The Bertz CT molecular complexity index is 1460. The lowest BCUT2D eigenvalue weighted by atomic mass is 9.98. The van der Waals surface area contributed by atoms with Gasteiger partial charge in [-0.3, -0.25) is 23.9 Å². The molecule has 0 bridgehead atoms. The lowest BCUT2D eigenvalue weighted by Crippen LogP contribution is -2.46. The third kappa shape index (κ3) is 8.03. The fourth-order valence-corrected chi connectivity index (χ4v) is 5.04. The molecular weight excluding hydrogens is 586 g/mol. The number of hydrogen-bond acceptors (Lipinski definition) is 6. The number of ether oxygens (including phenoxy) is 1. The standard InChI is InChI=1S/C30H35F4N5O5/c1-16(2)39-23(11-12-35-39)27(41)37-26(25(18-5-6-18)19-7-8-19)28(42)36-22-10-9-20(13-21(22)31)17(3)29(43)38(14-24(40)44-4)15-30(32,33)34/h9-13,16-18,26H,5-8,14-15H2,1-4H3,(H,36,42)(H,37,41)/t17?,26-/m0/s1.